The van der Waals surface area contributed by atoms with Crippen LogP contribution in [0, 0.1) is 6.92 Å². The lowest BCUT2D eigenvalue weighted by molar-refractivity contribution is 0.670. The molecule has 0 radical (unpaired) electrons. The third-order valence-electron chi connectivity index (χ3n) is 2.95. The molecule has 0 aromatic carbocycles. The molecular formula is C13H15N3S. The fourth-order valence-electron chi connectivity index (χ4n) is 1.71. The number of rotatable bonds is 4. The molecule has 0 saturated heterocycles. The van der Waals surface area contributed by atoms with Gasteiger partial charge in [0, 0.05) is 18.8 Å². The van der Waals surface area contributed by atoms with E-state index in [0.717, 1.165) is 29.0 Å². The summed E-state index contributed by atoms with van der Waals surface area (Å²) in [5, 5.41) is 5.56. The predicted octanol–water partition coefficient (Wildman–Crippen LogP) is 2.77. The van der Waals surface area contributed by atoms with E-state index >= 15 is 0 Å². The van der Waals surface area contributed by atoms with Crippen LogP contribution in [-0.2, 0) is 6.54 Å². The Labute approximate surface area is 105 Å². The average Bonchev–Trinajstić information content (AvgIpc) is 3.00. The predicted molar refractivity (Wildman–Crippen MR) is 69.9 cm³/mol. The second-order valence-electron chi connectivity index (χ2n) is 4.46. The minimum Gasteiger partial charge on any atom is -0.308 e. The number of aryl methyl sites for hydroxylation is 1. The Morgan fingerprint density at radius 1 is 1.47 bits per heavy atom. The van der Waals surface area contributed by atoms with Gasteiger partial charge in [0.1, 0.15) is 0 Å². The van der Waals surface area contributed by atoms with Gasteiger partial charge in [-0.3, -0.25) is 0 Å². The van der Waals surface area contributed by atoms with E-state index in [-0.39, 0.29) is 0 Å². The molecule has 0 unspecified atom stereocenters. The van der Waals surface area contributed by atoms with Gasteiger partial charge in [-0.25, -0.2) is 9.97 Å². The highest BCUT2D eigenvalue weighted by atomic mass is 32.1. The van der Waals surface area contributed by atoms with Gasteiger partial charge < -0.3 is 5.32 Å². The maximum absolute atomic E-state index is 4.65. The Bertz CT molecular complexity index is 503. The van der Waals surface area contributed by atoms with E-state index in [1.165, 1.54) is 18.4 Å². The number of nitrogens with one attached hydrogen (secondary N) is 1. The molecule has 4 heteroatoms. The van der Waals surface area contributed by atoms with E-state index in [1.54, 1.807) is 11.3 Å². The topological polar surface area (TPSA) is 37.8 Å². The highest BCUT2D eigenvalue weighted by Crippen LogP contribution is 2.22. The van der Waals surface area contributed by atoms with Crippen LogP contribution < -0.4 is 5.32 Å². The smallest absolute Gasteiger partial charge is 0.169 e. The Balaban J connectivity index is 1.83. The van der Waals surface area contributed by atoms with Gasteiger partial charge >= 0.3 is 0 Å². The number of aromatic nitrogens is 2. The van der Waals surface area contributed by atoms with Crippen LogP contribution in [-0.4, -0.2) is 16.0 Å². The molecule has 3 nitrogen and oxygen atoms in total. The molecule has 1 saturated carbocycles. The van der Waals surface area contributed by atoms with Crippen molar-refractivity contribution >= 4 is 11.3 Å². The minimum atomic E-state index is 0.717. The molecule has 0 spiro atoms. The van der Waals surface area contributed by atoms with Crippen molar-refractivity contribution in [1.82, 2.24) is 15.3 Å². The Kier molecular flexibility index (Phi) is 2.91. The summed E-state index contributed by atoms with van der Waals surface area (Å²) in [5.41, 5.74) is 2.29. The molecule has 2 aromatic rings. The van der Waals surface area contributed by atoms with Crippen molar-refractivity contribution in [2.24, 2.45) is 0 Å². The maximum Gasteiger partial charge on any atom is 0.169 e. The van der Waals surface area contributed by atoms with E-state index in [2.05, 4.69) is 33.7 Å². The highest BCUT2D eigenvalue weighted by molar-refractivity contribution is 7.13. The normalized spacial score (nSPS) is 15.1. The van der Waals surface area contributed by atoms with Crippen molar-refractivity contribution in [2.45, 2.75) is 32.4 Å². The zero-order valence-electron chi connectivity index (χ0n) is 9.81. The van der Waals surface area contributed by atoms with Crippen LogP contribution in [0.3, 0.4) is 0 Å². The molecule has 0 aliphatic heterocycles. The van der Waals surface area contributed by atoms with Crippen LogP contribution in [0.15, 0.2) is 23.7 Å². The second-order valence-corrected chi connectivity index (χ2v) is 5.40. The number of hydrogen-bond donors (Lipinski definition) is 1. The lowest BCUT2D eigenvalue weighted by Gasteiger charge is -2.07. The molecule has 2 aromatic heterocycles. The quantitative estimate of drug-likeness (QED) is 0.900. The molecule has 0 bridgehead atoms. The Morgan fingerprint density at radius 3 is 3.06 bits per heavy atom. The largest absolute Gasteiger partial charge is 0.308 e. The molecule has 17 heavy (non-hydrogen) atoms. The first-order valence-corrected chi connectivity index (χ1v) is 6.80. The van der Waals surface area contributed by atoms with Crippen LogP contribution in [0.1, 0.15) is 24.1 Å². The van der Waals surface area contributed by atoms with Crippen molar-refractivity contribution in [3.05, 3.63) is 35.0 Å². The van der Waals surface area contributed by atoms with E-state index in [1.807, 2.05) is 12.3 Å². The first kappa shape index (κ1) is 10.9. The van der Waals surface area contributed by atoms with Crippen molar-refractivity contribution in [3.63, 3.8) is 0 Å². The summed E-state index contributed by atoms with van der Waals surface area (Å²) in [6.45, 7) is 2.93. The van der Waals surface area contributed by atoms with Crippen LogP contribution in [0.4, 0.5) is 0 Å². The van der Waals surface area contributed by atoms with Crippen LogP contribution in [0.5, 0.6) is 0 Å². The third kappa shape index (κ3) is 2.53. The zero-order chi connectivity index (χ0) is 11.7. The number of nitrogens with zero attached hydrogens (tertiary/aromatic N) is 2. The van der Waals surface area contributed by atoms with E-state index in [9.17, 15) is 0 Å². The van der Waals surface area contributed by atoms with Crippen LogP contribution >= 0.6 is 11.3 Å². The molecular weight excluding hydrogens is 230 g/mol. The second kappa shape index (κ2) is 4.55. The summed E-state index contributed by atoms with van der Waals surface area (Å²) >= 11 is 1.68. The van der Waals surface area contributed by atoms with E-state index < -0.39 is 0 Å². The first-order valence-electron chi connectivity index (χ1n) is 5.93. The Hall–Kier alpha value is -1.26. The molecule has 2 heterocycles. The molecule has 1 fully saturated rings. The fraction of sp³-hybridized carbons (Fsp3) is 0.385. The van der Waals surface area contributed by atoms with Crippen molar-refractivity contribution in [1.29, 1.82) is 0 Å². The lowest BCUT2D eigenvalue weighted by atomic mass is 10.2. The molecule has 3 rings (SSSR count). The Morgan fingerprint density at radius 2 is 2.35 bits per heavy atom. The molecule has 88 valence electrons. The van der Waals surface area contributed by atoms with Gasteiger partial charge in [0.25, 0.3) is 0 Å². The standard InChI is InChI=1S/C13H15N3S/c1-9-7-15-13(12-3-2-6-17-12)16-11(9)8-14-10-4-5-10/h2-3,6-7,10,14H,4-5,8H2,1H3. The van der Waals surface area contributed by atoms with Crippen molar-refractivity contribution in [2.75, 3.05) is 0 Å². The third-order valence-corrected chi connectivity index (χ3v) is 3.82. The molecule has 0 atom stereocenters. The van der Waals surface area contributed by atoms with Gasteiger partial charge in [-0.1, -0.05) is 6.07 Å². The summed E-state index contributed by atoms with van der Waals surface area (Å²) in [5.74, 6) is 0.846. The summed E-state index contributed by atoms with van der Waals surface area (Å²) in [6.07, 6.45) is 4.54. The lowest BCUT2D eigenvalue weighted by Crippen LogP contribution is -2.17. The number of thiophene rings is 1. The van der Waals surface area contributed by atoms with Gasteiger partial charge in [-0.05, 0) is 36.8 Å². The van der Waals surface area contributed by atoms with Gasteiger partial charge in [-0.2, -0.15) is 0 Å². The van der Waals surface area contributed by atoms with Crippen molar-refractivity contribution in [3.8, 4) is 10.7 Å². The molecule has 1 aliphatic rings. The fourth-order valence-corrected chi connectivity index (χ4v) is 2.37. The van der Waals surface area contributed by atoms with E-state index in [4.69, 9.17) is 0 Å². The maximum atomic E-state index is 4.65. The summed E-state index contributed by atoms with van der Waals surface area (Å²) in [6, 6.07) is 4.81. The van der Waals surface area contributed by atoms with Crippen LogP contribution in [0.25, 0.3) is 10.7 Å². The average molecular weight is 245 g/mol. The van der Waals surface area contributed by atoms with Gasteiger partial charge in [-0.15, -0.1) is 11.3 Å². The summed E-state index contributed by atoms with van der Waals surface area (Å²) < 4.78 is 0. The zero-order valence-corrected chi connectivity index (χ0v) is 10.6. The molecule has 1 aliphatic carbocycles. The van der Waals surface area contributed by atoms with Crippen molar-refractivity contribution < 1.29 is 0 Å². The van der Waals surface area contributed by atoms with Gasteiger partial charge in [0.15, 0.2) is 5.82 Å². The molecule has 0 amide bonds. The monoisotopic (exact) mass is 245 g/mol. The summed E-state index contributed by atoms with van der Waals surface area (Å²) in [7, 11) is 0. The van der Waals surface area contributed by atoms with Crippen LogP contribution in [0.2, 0.25) is 0 Å². The summed E-state index contributed by atoms with van der Waals surface area (Å²) in [4.78, 5) is 10.2. The minimum absolute atomic E-state index is 0.717. The number of hydrogen-bond acceptors (Lipinski definition) is 4. The van der Waals surface area contributed by atoms with E-state index in [0.29, 0.717) is 0 Å². The first-order chi connectivity index (χ1) is 8.33. The molecule has 1 N–H and O–H groups in total. The van der Waals surface area contributed by atoms with Gasteiger partial charge in [0.05, 0.1) is 10.6 Å². The SMILES string of the molecule is Cc1cnc(-c2cccs2)nc1CNC1CC1. The highest BCUT2D eigenvalue weighted by Gasteiger charge is 2.20. The van der Waals surface area contributed by atoms with Gasteiger partial charge in [0.2, 0.25) is 0 Å².